The standard InChI is InChI=1S/C16H31N3O2/c1-12(21-3)15(17)16(20)19-10-6-14(7-11-19)13-4-8-18(2)9-5-13/h12-15H,4-11,17H2,1-3H3/t12-,15+/m1/s1/i3D. The molecule has 0 aromatic rings. The zero-order chi connectivity index (χ0) is 16.1. The molecule has 0 saturated carbocycles. The summed E-state index contributed by atoms with van der Waals surface area (Å²) >= 11 is 0. The van der Waals surface area contributed by atoms with Crippen molar-refractivity contribution in [2.45, 2.75) is 44.8 Å². The predicted molar refractivity (Wildman–Crippen MR) is 84.0 cm³/mol. The number of nitrogens with zero attached hydrogens (tertiary/aromatic N) is 2. The largest absolute Gasteiger partial charge is 0.380 e. The van der Waals surface area contributed by atoms with Crippen LogP contribution in [0.1, 0.15) is 34.0 Å². The molecule has 0 radical (unpaired) electrons. The molecule has 5 nitrogen and oxygen atoms in total. The fourth-order valence-electron chi connectivity index (χ4n) is 3.61. The lowest BCUT2D eigenvalue weighted by atomic mass is 9.79. The van der Waals surface area contributed by atoms with E-state index in [1.54, 1.807) is 6.92 Å². The Morgan fingerprint density at radius 2 is 1.71 bits per heavy atom. The van der Waals surface area contributed by atoms with Crippen LogP contribution >= 0.6 is 0 Å². The first-order valence-electron chi connectivity index (χ1n) is 8.87. The number of carbonyl (C=O) groups excluding carboxylic acids is 1. The Balaban J connectivity index is 1.77. The van der Waals surface area contributed by atoms with Gasteiger partial charge in [-0.2, -0.15) is 0 Å². The van der Waals surface area contributed by atoms with Gasteiger partial charge in [0.25, 0.3) is 0 Å². The summed E-state index contributed by atoms with van der Waals surface area (Å²) in [6.45, 7) is 5.81. The van der Waals surface area contributed by atoms with Crippen molar-refractivity contribution >= 4 is 5.91 Å². The first-order chi connectivity index (χ1) is 10.5. The predicted octanol–water partition coefficient (Wildman–Crippen LogP) is 0.929. The van der Waals surface area contributed by atoms with Crippen molar-refractivity contribution < 1.29 is 10.9 Å². The number of methoxy groups -OCH3 is 1. The number of nitrogens with two attached hydrogens (primary N) is 1. The van der Waals surface area contributed by atoms with E-state index in [0.29, 0.717) is 0 Å². The number of amides is 1. The minimum atomic E-state index is -0.648. The van der Waals surface area contributed by atoms with E-state index >= 15 is 0 Å². The van der Waals surface area contributed by atoms with Crippen LogP contribution in [-0.2, 0) is 9.53 Å². The number of piperidine rings is 2. The van der Waals surface area contributed by atoms with Crippen LogP contribution in [0.3, 0.4) is 0 Å². The average Bonchev–Trinajstić information content (AvgIpc) is 2.54. The summed E-state index contributed by atoms with van der Waals surface area (Å²) in [6.07, 6.45) is 4.39. The number of likely N-dealkylation sites (tertiary alicyclic amines) is 2. The highest BCUT2D eigenvalue weighted by Crippen LogP contribution is 2.32. The number of ether oxygens (including phenoxy) is 1. The van der Waals surface area contributed by atoms with Crippen LogP contribution in [0.15, 0.2) is 0 Å². The number of carbonyl (C=O) groups is 1. The van der Waals surface area contributed by atoms with Crippen molar-refractivity contribution in [3.8, 4) is 0 Å². The zero-order valence-electron chi connectivity index (χ0n) is 14.5. The molecule has 0 unspecified atom stereocenters. The van der Waals surface area contributed by atoms with Gasteiger partial charge < -0.3 is 20.3 Å². The lowest BCUT2D eigenvalue weighted by molar-refractivity contribution is -0.137. The Labute approximate surface area is 130 Å². The number of hydrogen-bond donors (Lipinski definition) is 1. The second kappa shape index (κ2) is 7.56. The van der Waals surface area contributed by atoms with Gasteiger partial charge in [0, 0.05) is 20.2 Å². The summed E-state index contributed by atoms with van der Waals surface area (Å²) < 4.78 is 12.2. The smallest absolute Gasteiger partial charge is 0.242 e. The van der Waals surface area contributed by atoms with E-state index in [9.17, 15) is 4.79 Å². The third kappa shape index (κ3) is 4.18. The topological polar surface area (TPSA) is 58.8 Å². The third-order valence-electron chi connectivity index (χ3n) is 5.33. The normalized spacial score (nSPS) is 26.4. The van der Waals surface area contributed by atoms with Gasteiger partial charge in [-0.1, -0.05) is 0 Å². The Morgan fingerprint density at radius 1 is 1.19 bits per heavy atom. The van der Waals surface area contributed by atoms with E-state index in [0.717, 1.165) is 37.8 Å². The van der Waals surface area contributed by atoms with Gasteiger partial charge in [-0.05, 0) is 64.6 Å². The molecule has 5 heteroatoms. The summed E-state index contributed by atoms with van der Waals surface area (Å²) in [7, 11) is 2.04. The SMILES string of the molecule is [2H]CO[C@H](C)[C@H](N)C(=O)N1CCC(C2CCN(C)CC2)CC1. The Hall–Kier alpha value is -0.650. The van der Waals surface area contributed by atoms with Crippen molar-refractivity contribution in [2.24, 2.45) is 17.6 Å². The van der Waals surface area contributed by atoms with Crippen LogP contribution in [0, 0.1) is 11.8 Å². The van der Waals surface area contributed by atoms with Crippen molar-refractivity contribution in [3.63, 3.8) is 0 Å². The van der Waals surface area contributed by atoms with Gasteiger partial charge in [-0.25, -0.2) is 0 Å². The van der Waals surface area contributed by atoms with E-state index < -0.39 is 12.1 Å². The first-order valence-corrected chi connectivity index (χ1v) is 8.16. The lowest BCUT2D eigenvalue weighted by Gasteiger charge is -2.40. The molecule has 2 fully saturated rings. The summed E-state index contributed by atoms with van der Waals surface area (Å²) in [6, 6.07) is -0.648. The second-order valence-electron chi connectivity index (χ2n) is 6.70. The highest BCUT2D eigenvalue weighted by atomic mass is 16.5. The molecule has 0 aromatic carbocycles. The molecule has 1 amide bonds. The van der Waals surface area contributed by atoms with Gasteiger partial charge in [0.1, 0.15) is 6.04 Å². The van der Waals surface area contributed by atoms with Crippen LogP contribution in [-0.4, -0.2) is 68.2 Å². The van der Waals surface area contributed by atoms with Gasteiger partial charge in [-0.15, -0.1) is 0 Å². The summed E-state index contributed by atoms with van der Waals surface area (Å²) in [5, 5.41) is 0. The van der Waals surface area contributed by atoms with Gasteiger partial charge >= 0.3 is 0 Å². The first kappa shape index (κ1) is 15.3. The molecule has 0 bridgehead atoms. The van der Waals surface area contributed by atoms with Gasteiger partial charge in [-0.3, -0.25) is 4.79 Å². The van der Waals surface area contributed by atoms with Crippen molar-refractivity contribution in [2.75, 3.05) is 40.3 Å². The molecule has 2 aliphatic heterocycles. The quantitative estimate of drug-likeness (QED) is 0.839. The molecule has 122 valence electrons. The third-order valence-corrected chi connectivity index (χ3v) is 5.33. The second-order valence-corrected chi connectivity index (χ2v) is 6.70. The van der Waals surface area contributed by atoms with Crippen molar-refractivity contribution in [1.82, 2.24) is 9.80 Å². The summed E-state index contributed by atoms with van der Waals surface area (Å²) in [5.74, 6) is 1.56. The van der Waals surface area contributed by atoms with Crippen molar-refractivity contribution in [3.05, 3.63) is 0 Å². The summed E-state index contributed by atoms with van der Waals surface area (Å²) in [5.41, 5.74) is 5.97. The van der Waals surface area contributed by atoms with Gasteiger partial charge in [0.15, 0.2) is 0 Å². The van der Waals surface area contributed by atoms with Gasteiger partial charge in [0.2, 0.25) is 5.91 Å². The molecule has 0 aliphatic carbocycles. The Bertz CT molecular complexity index is 353. The van der Waals surface area contributed by atoms with Gasteiger partial charge in [0.05, 0.1) is 7.47 Å². The number of hydrogen-bond acceptors (Lipinski definition) is 4. The van der Waals surface area contributed by atoms with Crippen LogP contribution < -0.4 is 5.73 Å². The summed E-state index contributed by atoms with van der Waals surface area (Å²) in [4.78, 5) is 16.7. The minimum absolute atomic E-state index is 0.0252. The van der Waals surface area contributed by atoms with E-state index in [1.807, 2.05) is 4.90 Å². The number of rotatable bonds is 4. The molecule has 2 aliphatic rings. The highest BCUT2D eigenvalue weighted by molar-refractivity contribution is 5.82. The van der Waals surface area contributed by atoms with Crippen molar-refractivity contribution in [1.29, 1.82) is 0 Å². The van der Waals surface area contributed by atoms with Crippen LogP contribution in [0.4, 0.5) is 0 Å². The molecule has 2 heterocycles. The molecule has 2 rings (SSSR count). The van der Waals surface area contributed by atoms with E-state index in [1.165, 1.54) is 25.9 Å². The van der Waals surface area contributed by atoms with E-state index in [-0.39, 0.29) is 13.0 Å². The van der Waals surface area contributed by atoms with Crippen LogP contribution in [0.5, 0.6) is 0 Å². The average molecular weight is 298 g/mol. The molecule has 21 heavy (non-hydrogen) atoms. The Kier molecular flexibility index (Phi) is 5.49. The van der Waals surface area contributed by atoms with Crippen LogP contribution in [0.2, 0.25) is 0 Å². The molecule has 0 aromatic heterocycles. The fraction of sp³-hybridized carbons (Fsp3) is 0.938. The lowest BCUT2D eigenvalue weighted by Crippen LogP contribution is -2.52. The molecular weight excluding hydrogens is 266 g/mol. The highest BCUT2D eigenvalue weighted by Gasteiger charge is 2.32. The Morgan fingerprint density at radius 3 is 2.24 bits per heavy atom. The maximum absolute atomic E-state index is 12.4. The fourth-order valence-corrected chi connectivity index (χ4v) is 3.61. The van der Waals surface area contributed by atoms with E-state index in [2.05, 4.69) is 11.9 Å². The molecule has 2 N–H and O–H groups in total. The van der Waals surface area contributed by atoms with Crippen LogP contribution in [0.25, 0.3) is 0 Å². The minimum Gasteiger partial charge on any atom is -0.380 e. The van der Waals surface area contributed by atoms with E-state index in [4.69, 9.17) is 11.8 Å². The molecule has 0 spiro atoms. The monoisotopic (exact) mass is 298 g/mol. The zero-order valence-corrected chi connectivity index (χ0v) is 13.5. The maximum atomic E-state index is 12.4. The maximum Gasteiger partial charge on any atom is 0.242 e. The molecule has 2 atom stereocenters. The molecular formula is C16H31N3O2. The molecule has 2 saturated heterocycles.